The van der Waals surface area contributed by atoms with E-state index in [-0.39, 0.29) is 12.0 Å². The van der Waals surface area contributed by atoms with Crippen molar-refractivity contribution in [1.82, 2.24) is 5.32 Å². The lowest BCUT2D eigenvalue weighted by Crippen LogP contribution is -2.37. The Kier molecular flexibility index (Phi) is 4.90. The summed E-state index contributed by atoms with van der Waals surface area (Å²) in [6, 6.07) is 1.63. The monoisotopic (exact) mass is 211 g/mol. The van der Waals surface area contributed by atoms with E-state index in [1.54, 1.807) is 19.5 Å². The average Bonchev–Trinajstić information content (AvgIpc) is 2.72. The van der Waals surface area contributed by atoms with Crippen LogP contribution in [0.25, 0.3) is 0 Å². The van der Waals surface area contributed by atoms with E-state index in [1.807, 2.05) is 13.0 Å². The van der Waals surface area contributed by atoms with Crippen molar-refractivity contribution in [2.45, 2.75) is 32.9 Å². The summed E-state index contributed by atoms with van der Waals surface area (Å²) in [4.78, 5) is 11.4. The minimum Gasteiger partial charge on any atom is -0.472 e. The van der Waals surface area contributed by atoms with Gasteiger partial charge in [-0.2, -0.15) is 0 Å². The number of carbonyl (C=O) groups is 1. The van der Waals surface area contributed by atoms with Crippen LogP contribution in [-0.4, -0.2) is 18.6 Å². The summed E-state index contributed by atoms with van der Waals surface area (Å²) in [5.74, 6) is -0.191. The molecule has 0 radical (unpaired) electrons. The van der Waals surface area contributed by atoms with Gasteiger partial charge in [0.2, 0.25) is 0 Å². The minimum absolute atomic E-state index is 0.191. The maximum Gasteiger partial charge on any atom is 0.323 e. The topological polar surface area (TPSA) is 51.5 Å². The van der Waals surface area contributed by atoms with E-state index in [9.17, 15) is 4.79 Å². The Balaban J connectivity index is 2.37. The fraction of sp³-hybridized carbons (Fsp3) is 0.545. The number of hydrogen-bond acceptors (Lipinski definition) is 4. The summed E-state index contributed by atoms with van der Waals surface area (Å²) < 4.78 is 9.87. The minimum atomic E-state index is -0.236. The van der Waals surface area contributed by atoms with Gasteiger partial charge in [-0.1, -0.05) is 6.92 Å². The van der Waals surface area contributed by atoms with Crippen molar-refractivity contribution in [3.63, 3.8) is 0 Å². The van der Waals surface area contributed by atoms with Crippen LogP contribution in [0.15, 0.2) is 23.0 Å². The molecular formula is C11H17NO3. The van der Waals surface area contributed by atoms with Crippen LogP contribution in [0.5, 0.6) is 0 Å². The Hall–Kier alpha value is -1.29. The first-order valence-electron chi connectivity index (χ1n) is 5.19. The molecule has 4 heteroatoms. The van der Waals surface area contributed by atoms with Gasteiger partial charge in [0.15, 0.2) is 0 Å². The molecule has 1 rings (SSSR count). The Morgan fingerprint density at radius 3 is 2.93 bits per heavy atom. The van der Waals surface area contributed by atoms with E-state index in [0.29, 0.717) is 13.2 Å². The van der Waals surface area contributed by atoms with Crippen LogP contribution in [-0.2, 0) is 16.1 Å². The van der Waals surface area contributed by atoms with Crippen LogP contribution in [0.2, 0.25) is 0 Å². The SMILES string of the molecule is CCOC(=O)C(CC)NCc1ccoc1. The van der Waals surface area contributed by atoms with Crippen molar-refractivity contribution in [3.05, 3.63) is 24.2 Å². The van der Waals surface area contributed by atoms with Crippen LogP contribution < -0.4 is 5.32 Å². The van der Waals surface area contributed by atoms with E-state index in [0.717, 1.165) is 12.0 Å². The third kappa shape index (κ3) is 3.75. The van der Waals surface area contributed by atoms with Crippen molar-refractivity contribution in [2.24, 2.45) is 0 Å². The first kappa shape index (κ1) is 11.8. The highest BCUT2D eigenvalue weighted by Crippen LogP contribution is 2.02. The highest BCUT2D eigenvalue weighted by molar-refractivity contribution is 5.75. The number of nitrogens with one attached hydrogen (secondary N) is 1. The molecule has 0 amide bonds. The summed E-state index contributed by atoms with van der Waals surface area (Å²) in [6.45, 7) is 4.79. The molecule has 0 bridgehead atoms. The normalized spacial score (nSPS) is 12.4. The average molecular weight is 211 g/mol. The Bertz CT molecular complexity index is 282. The van der Waals surface area contributed by atoms with Crippen LogP contribution in [0, 0.1) is 0 Å². The first-order valence-corrected chi connectivity index (χ1v) is 5.19. The zero-order valence-corrected chi connectivity index (χ0v) is 9.16. The summed E-state index contributed by atoms with van der Waals surface area (Å²) in [6.07, 6.45) is 3.99. The maximum absolute atomic E-state index is 11.4. The van der Waals surface area contributed by atoms with Crippen molar-refractivity contribution < 1.29 is 13.9 Å². The molecule has 0 aromatic carbocycles. The molecule has 1 aromatic heterocycles. The number of ether oxygens (including phenoxy) is 1. The van der Waals surface area contributed by atoms with Gasteiger partial charge in [-0.3, -0.25) is 4.79 Å². The number of hydrogen-bond donors (Lipinski definition) is 1. The van der Waals surface area contributed by atoms with Gasteiger partial charge in [0.1, 0.15) is 6.04 Å². The van der Waals surface area contributed by atoms with E-state index in [2.05, 4.69) is 5.32 Å². The lowest BCUT2D eigenvalue weighted by atomic mass is 10.2. The molecule has 1 heterocycles. The molecule has 0 saturated heterocycles. The fourth-order valence-electron chi connectivity index (χ4n) is 1.27. The molecule has 1 atom stereocenters. The van der Waals surface area contributed by atoms with E-state index in [1.165, 1.54) is 0 Å². The highest BCUT2D eigenvalue weighted by Gasteiger charge is 2.16. The van der Waals surface area contributed by atoms with Crippen LogP contribution in [0.4, 0.5) is 0 Å². The molecule has 1 unspecified atom stereocenters. The van der Waals surface area contributed by atoms with Crippen molar-refractivity contribution in [3.8, 4) is 0 Å². The Labute approximate surface area is 89.6 Å². The quantitative estimate of drug-likeness (QED) is 0.728. The van der Waals surface area contributed by atoms with Gasteiger partial charge in [-0.05, 0) is 19.4 Å². The summed E-state index contributed by atoms with van der Waals surface area (Å²) in [5.41, 5.74) is 1.03. The molecule has 0 fully saturated rings. The van der Waals surface area contributed by atoms with Gasteiger partial charge in [-0.15, -0.1) is 0 Å². The third-order valence-electron chi connectivity index (χ3n) is 2.11. The number of furan rings is 1. The Morgan fingerprint density at radius 2 is 2.40 bits per heavy atom. The van der Waals surface area contributed by atoms with Crippen LogP contribution in [0.1, 0.15) is 25.8 Å². The van der Waals surface area contributed by atoms with Crippen molar-refractivity contribution in [2.75, 3.05) is 6.61 Å². The molecule has 0 aliphatic heterocycles. The van der Waals surface area contributed by atoms with Crippen LogP contribution >= 0.6 is 0 Å². The second-order valence-corrected chi connectivity index (χ2v) is 3.23. The molecule has 0 aliphatic carbocycles. The Morgan fingerprint density at radius 1 is 1.60 bits per heavy atom. The standard InChI is InChI=1S/C11H17NO3/c1-3-10(11(13)15-4-2)12-7-9-5-6-14-8-9/h5-6,8,10,12H,3-4,7H2,1-2H3. The smallest absolute Gasteiger partial charge is 0.323 e. The number of rotatable bonds is 6. The van der Waals surface area contributed by atoms with Gasteiger partial charge in [0, 0.05) is 12.1 Å². The molecule has 4 nitrogen and oxygen atoms in total. The predicted molar refractivity (Wildman–Crippen MR) is 56.3 cm³/mol. The maximum atomic E-state index is 11.4. The second kappa shape index (κ2) is 6.24. The summed E-state index contributed by atoms with van der Waals surface area (Å²) in [7, 11) is 0. The van der Waals surface area contributed by atoms with E-state index in [4.69, 9.17) is 9.15 Å². The molecule has 0 spiro atoms. The first-order chi connectivity index (χ1) is 7.27. The lowest BCUT2D eigenvalue weighted by Gasteiger charge is -2.14. The molecule has 84 valence electrons. The van der Waals surface area contributed by atoms with Gasteiger partial charge in [-0.25, -0.2) is 0 Å². The largest absolute Gasteiger partial charge is 0.472 e. The van der Waals surface area contributed by atoms with Gasteiger partial charge < -0.3 is 14.5 Å². The second-order valence-electron chi connectivity index (χ2n) is 3.23. The highest BCUT2D eigenvalue weighted by atomic mass is 16.5. The fourth-order valence-corrected chi connectivity index (χ4v) is 1.27. The zero-order valence-electron chi connectivity index (χ0n) is 9.16. The molecule has 0 aliphatic rings. The van der Waals surface area contributed by atoms with Gasteiger partial charge in [0.05, 0.1) is 19.1 Å². The number of esters is 1. The van der Waals surface area contributed by atoms with Gasteiger partial charge >= 0.3 is 5.97 Å². The third-order valence-corrected chi connectivity index (χ3v) is 2.11. The van der Waals surface area contributed by atoms with Crippen molar-refractivity contribution >= 4 is 5.97 Å². The van der Waals surface area contributed by atoms with Crippen molar-refractivity contribution in [1.29, 1.82) is 0 Å². The van der Waals surface area contributed by atoms with E-state index >= 15 is 0 Å². The zero-order chi connectivity index (χ0) is 11.1. The lowest BCUT2D eigenvalue weighted by molar-refractivity contribution is -0.145. The number of carbonyl (C=O) groups excluding carboxylic acids is 1. The molecule has 0 saturated carbocycles. The summed E-state index contributed by atoms with van der Waals surface area (Å²) in [5, 5.41) is 3.12. The molecule has 15 heavy (non-hydrogen) atoms. The predicted octanol–water partition coefficient (Wildman–Crippen LogP) is 1.71. The molecule has 1 aromatic rings. The van der Waals surface area contributed by atoms with E-state index < -0.39 is 0 Å². The summed E-state index contributed by atoms with van der Waals surface area (Å²) >= 11 is 0. The molecule has 1 N–H and O–H groups in total. The van der Waals surface area contributed by atoms with Crippen LogP contribution in [0.3, 0.4) is 0 Å². The van der Waals surface area contributed by atoms with Gasteiger partial charge in [0.25, 0.3) is 0 Å². The molecular weight excluding hydrogens is 194 g/mol.